The van der Waals surface area contributed by atoms with Crippen molar-refractivity contribution in [1.29, 1.82) is 0 Å². The monoisotopic (exact) mass is 407 g/mol. The summed E-state index contributed by atoms with van der Waals surface area (Å²) in [5.41, 5.74) is 1.24. The van der Waals surface area contributed by atoms with Gasteiger partial charge in [-0.25, -0.2) is 0 Å². The van der Waals surface area contributed by atoms with Crippen LogP contribution in [0.4, 0.5) is 0 Å². The number of methoxy groups -OCH3 is 1. The van der Waals surface area contributed by atoms with Gasteiger partial charge in [-0.3, -0.25) is 4.79 Å². The van der Waals surface area contributed by atoms with Gasteiger partial charge in [-0.15, -0.1) is 0 Å². The van der Waals surface area contributed by atoms with E-state index >= 15 is 0 Å². The van der Waals surface area contributed by atoms with E-state index in [1.54, 1.807) is 18.1 Å². The number of carbonyl (C=O) groups excluding carboxylic acids is 1. The molecule has 0 unspecified atom stereocenters. The molecule has 0 aliphatic carbocycles. The first-order valence-electron chi connectivity index (χ1n) is 8.88. The van der Waals surface area contributed by atoms with Crippen molar-refractivity contribution in [2.24, 2.45) is 0 Å². The van der Waals surface area contributed by atoms with Crippen LogP contribution < -0.4 is 4.74 Å². The molecule has 1 heterocycles. The van der Waals surface area contributed by atoms with E-state index in [2.05, 4.69) is 0 Å². The lowest BCUT2D eigenvalue weighted by Crippen LogP contribution is -2.48. The Kier molecular flexibility index (Phi) is 6.30. The normalized spacial score (nSPS) is 16.0. The van der Waals surface area contributed by atoms with E-state index in [0.717, 1.165) is 11.1 Å². The summed E-state index contributed by atoms with van der Waals surface area (Å²) in [5.74, 6) is 0.779. The number of amides is 1. The minimum absolute atomic E-state index is 0.0650. The van der Waals surface area contributed by atoms with E-state index in [9.17, 15) is 4.79 Å². The number of likely N-dealkylation sites (N-methyl/N-ethyl adjacent to an activating group) is 1. The molecular weight excluding hydrogens is 385 g/mol. The highest BCUT2D eigenvalue weighted by atomic mass is 35.5. The van der Waals surface area contributed by atoms with Gasteiger partial charge in [-0.05, 0) is 48.7 Å². The van der Waals surface area contributed by atoms with Crippen molar-refractivity contribution in [1.82, 2.24) is 4.90 Å². The molecule has 0 spiro atoms. The van der Waals surface area contributed by atoms with Crippen LogP contribution in [0.15, 0.2) is 42.5 Å². The van der Waals surface area contributed by atoms with Crippen LogP contribution in [0.25, 0.3) is 0 Å². The van der Waals surface area contributed by atoms with Crippen molar-refractivity contribution in [3.05, 3.63) is 63.6 Å². The second-order valence-electron chi connectivity index (χ2n) is 6.82. The molecule has 1 aliphatic heterocycles. The fourth-order valence-corrected chi connectivity index (χ4v) is 4.00. The molecule has 3 rings (SSSR count). The number of ether oxygens (including phenoxy) is 2. The summed E-state index contributed by atoms with van der Waals surface area (Å²) in [6.45, 7) is 1.53. The van der Waals surface area contributed by atoms with Crippen molar-refractivity contribution in [3.63, 3.8) is 0 Å². The van der Waals surface area contributed by atoms with Gasteiger partial charge in [0.15, 0.2) is 0 Å². The van der Waals surface area contributed by atoms with E-state index < -0.39 is 5.41 Å². The maximum Gasteiger partial charge on any atom is 0.233 e. The van der Waals surface area contributed by atoms with Crippen LogP contribution in [0, 0.1) is 0 Å². The SMILES string of the molecule is COc1ccc(Cl)cc1CN(C)C(=O)C1(c2ccc(Cl)cc2)CCOCC1. The van der Waals surface area contributed by atoms with Crippen molar-refractivity contribution >= 4 is 29.1 Å². The van der Waals surface area contributed by atoms with Crippen molar-refractivity contribution < 1.29 is 14.3 Å². The van der Waals surface area contributed by atoms with Gasteiger partial charge in [0.05, 0.1) is 12.5 Å². The van der Waals surface area contributed by atoms with Gasteiger partial charge < -0.3 is 14.4 Å². The summed E-state index contributed by atoms with van der Waals surface area (Å²) < 4.78 is 11.0. The summed E-state index contributed by atoms with van der Waals surface area (Å²) in [5, 5.41) is 1.27. The highest BCUT2D eigenvalue weighted by Gasteiger charge is 2.43. The highest BCUT2D eigenvalue weighted by molar-refractivity contribution is 6.30. The van der Waals surface area contributed by atoms with E-state index in [1.165, 1.54) is 0 Å². The molecule has 1 saturated heterocycles. The lowest BCUT2D eigenvalue weighted by Gasteiger charge is -2.39. The lowest BCUT2D eigenvalue weighted by atomic mass is 9.73. The predicted octanol–water partition coefficient (Wildman–Crippen LogP) is 4.71. The number of hydrogen-bond donors (Lipinski definition) is 0. The van der Waals surface area contributed by atoms with Crippen LogP contribution in [-0.2, 0) is 21.5 Å². The number of nitrogens with zero attached hydrogens (tertiary/aromatic N) is 1. The smallest absolute Gasteiger partial charge is 0.233 e. The summed E-state index contributed by atoms with van der Waals surface area (Å²) >= 11 is 12.2. The standard InChI is InChI=1S/C21H23Cl2NO3/c1-24(14-15-13-18(23)7-8-19(15)26-2)20(25)21(9-11-27-12-10-21)16-3-5-17(22)6-4-16/h3-8,13H,9-12,14H2,1-2H3. The number of benzene rings is 2. The van der Waals surface area contributed by atoms with Gasteiger partial charge in [0, 0.05) is 42.4 Å². The first-order chi connectivity index (χ1) is 13.0. The molecule has 0 atom stereocenters. The highest BCUT2D eigenvalue weighted by Crippen LogP contribution is 2.38. The maximum atomic E-state index is 13.6. The number of hydrogen-bond acceptors (Lipinski definition) is 3. The Balaban J connectivity index is 1.90. The molecule has 6 heteroatoms. The number of halogens is 2. The molecule has 144 valence electrons. The molecule has 2 aromatic rings. The molecule has 27 heavy (non-hydrogen) atoms. The van der Waals surface area contributed by atoms with Crippen LogP contribution in [-0.4, -0.2) is 38.2 Å². The van der Waals surface area contributed by atoms with Crippen LogP contribution in [0.5, 0.6) is 5.75 Å². The minimum Gasteiger partial charge on any atom is -0.496 e. The number of carbonyl (C=O) groups is 1. The second-order valence-corrected chi connectivity index (χ2v) is 7.69. The molecule has 1 fully saturated rings. The van der Waals surface area contributed by atoms with Gasteiger partial charge in [-0.1, -0.05) is 35.3 Å². The van der Waals surface area contributed by atoms with E-state index in [-0.39, 0.29) is 5.91 Å². The van der Waals surface area contributed by atoms with Crippen molar-refractivity contribution in [3.8, 4) is 5.75 Å². The minimum atomic E-state index is -0.608. The molecule has 4 nitrogen and oxygen atoms in total. The van der Waals surface area contributed by atoms with E-state index in [4.69, 9.17) is 32.7 Å². The van der Waals surface area contributed by atoms with Crippen LogP contribution >= 0.6 is 23.2 Å². The first kappa shape index (κ1) is 20.0. The molecule has 0 aromatic heterocycles. The Morgan fingerprint density at radius 3 is 2.37 bits per heavy atom. The molecule has 0 radical (unpaired) electrons. The Morgan fingerprint density at radius 1 is 1.11 bits per heavy atom. The maximum absolute atomic E-state index is 13.6. The van der Waals surface area contributed by atoms with E-state index in [0.29, 0.717) is 48.4 Å². The fraction of sp³-hybridized carbons (Fsp3) is 0.381. The topological polar surface area (TPSA) is 38.8 Å². The molecule has 0 bridgehead atoms. The van der Waals surface area contributed by atoms with Gasteiger partial charge >= 0.3 is 0 Å². The molecule has 1 aliphatic rings. The largest absolute Gasteiger partial charge is 0.496 e. The average Bonchev–Trinajstić information content (AvgIpc) is 2.68. The quantitative estimate of drug-likeness (QED) is 0.720. The first-order valence-corrected chi connectivity index (χ1v) is 9.63. The Morgan fingerprint density at radius 2 is 1.74 bits per heavy atom. The Labute approximate surface area is 170 Å². The Hall–Kier alpha value is -1.75. The third-order valence-corrected chi connectivity index (χ3v) is 5.64. The summed E-state index contributed by atoms with van der Waals surface area (Å²) in [6.07, 6.45) is 1.29. The van der Waals surface area contributed by atoms with Crippen molar-refractivity contribution in [2.75, 3.05) is 27.4 Å². The van der Waals surface area contributed by atoms with Crippen LogP contribution in [0.3, 0.4) is 0 Å². The third kappa shape index (κ3) is 4.23. The molecule has 0 N–H and O–H groups in total. The summed E-state index contributed by atoms with van der Waals surface area (Å²) in [7, 11) is 3.43. The molecule has 0 saturated carbocycles. The lowest BCUT2D eigenvalue weighted by molar-refractivity contribution is -0.140. The van der Waals surface area contributed by atoms with Crippen molar-refractivity contribution in [2.45, 2.75) is 24.8 Å². The zero-order valence-corrected chi connectivity index (χ0v) is 17.0. The molecule has 2 aromatic carbocycles. The van der Waals surface area contributed by atoms with Gasteiger partial charge in [-0.2, -0.15) is 0 Å². The molecule has 1 amide bonds. The van der Waals surface area contributed by atoms with Gasteiger partial charge in [0.2, 0.25) is 5.91 Å². The van der Waals surface area contributed by atoms with Crippen LogP contribution in [0.1, 0.15) is 24.0 Å². The summed E-state index contributed by atoms with van der Waals surface area (Å²) in [4.78, 5) is 15.3. The summed E-state index contributed by atoms with van der Waals surface area (Å²) in [6, 6.07) is 13.0. The fourth-order valence-electron chi connectivity index (χ4n) is 3.68. The number of rotatable bonds is 5. The predicted molar refractivity (Wildman–Crippen MR) is 108 cm³/mol. The third-order valence-electron chi connectivity index (χ3n) is 5.15. The zero-order valence-electron chi connectivity index (χ0n) is 15.5. The molecular formula is C21H23Cl2NO3. The second kappa shape index (κ2) is 8.51. The zero-order chi connectivity index (χ0) is 19.4. The van der Waals surface area contributed by atoms with Crippen LogP contribution in [0.2, 0.25) is 10.0 Å². The van der Waals surface area contributed by atoms with E-state index in [1.807, 2.05) is 43.4 Å². The van der Waals surface area contributed by atoms with Gasteiger partial charge in [0.25, 0.3) is 0 Å². The Bertz CT molecular complexity index is 802. The average molecular weight is 408 g/mol. The van der Waals surface area contributed by atoms with Gasteiger partial charge in [0.1, 0.15) is 5.75 Å².